The summed E-state index contributed by atoms with van der Waals surface area (Å²) in [7, 11) is -0.658. The fraction of sp³-hybridized carbons (Fsp3) is 0.500. The van der Waals surface area contributed by atoms with Crippen LogP contribution in [0.4, 0.5) is 5.95 Å². The van der Waals surface area contributed by atoms with Crippen LogP contribution in [0.2, 0.25) is 0 Å². The van der Waals surface area contributed by atoms with Gasteiger partial charge in [-0.15, -0.1) is 0 Å². The zero-order chi connectivity index (χ0) is 11.4. The van der Waals surface area contributed by atoms with E-state index in [1.54, 1.807) is 12.3 Å². The highest BCUT2D eigenvalue weighted by Gasteiger charge is 2.18. The summed E-state index contributed by atoms with van der Waals surface area (Å²) in [6, 6.07) is 3.81. The highest BCUT2D eigenvalue weighted by Crippen LogP contribution is 2.13. The number of aromatic nitrogens is 2. The van der Waals surface area contributed by atoms with Crippen molar-refractivity contribution >= 4 is 16.7 Å². The summed E-state index contributed by atoms with van der Waals surface area (Å²) in [4.78, 5) is 8.10. The van der Waals surface area contributed by atoms with Crippen molar-refractivity contribution in [2.75, 3.05) is 16.8 Å². The minimum Gasteiger partial charge on any atom is -0.351 e. The van der Waals surface area contributed by atoms with Crippen molar-refractivity contribution in [3.05, 3.63) is 18.0 Å². The van der Waals surface area contributed by atoms with E-state index in [2.05, 4.69) is 15.3 Å². The molecule has 1 fully saturated rings. The van der Waals surface area contributed by atoms with Crippen molar-refractivity contribution in [3.8, 4) is 6.07 Å². The number of nitrogens with zero attached hydrogens (tertiary/aromatic N) is 3. The van der Waals surface area contributed by atoms with Crippen LogP contribution in [0.5, 0.6) is 0 Å². The van der Waals surface area contributed by atoms with Crippen molar-refractivity contribution in [3.63, 3.8) is 0 Å². The second-order valence-corrected chi connectivity index (χ2v) is 5.34. The van der Waals surface area contributed by atoms with E-state index in [9.17, 15) is 4.21 Å². The predicted octanol–water partition coefficient (Wildman–Crippen LogP) is 0.671. The van der Waals surface area contributed by atoms with E-state index < -0.39 is 10.8 Å². The Hall–Kier alpha value is -1.48. The standard InChI is InChI=1S/C10H12N4OS/c11-7-9-1-4-12-10(14-9)13-8-2-5-16(15)6-3-8/h1,4,8H,2-3,5-6H2,(H,12,13,14). The van der Waals surface area contributed by atoms with Gasteiger partial charge < -0.3 is 5.32 Å². The SMILES string of the molecule is N#Cc1ccnc(NC2CCS(=O)CC2)n1. The van der Waals surface area contributed by atoms with E-state index in [1.807, 2.05) is 6.07 Å². The minimum atomic E-state index is -0.658. The first kappa shape index (κ1) is 11.0. The molecule has 2 heterocycles. The van der Waals surface area contributed by atoms with E-state index in [0.717, 1.165) is 24.3 Å². The molecular weight excluding hydrogens is 224 g/mol. The molecule has 1 aliphatic rings. The molecule has 1 aliphatic heterocycles. The molecule has 1 N–H and O–H groups in total. The molecule has 0 spiro atoms. The first-order valence-corrected chi connectivity index (χ1v) is 6.61. The number of hydrogen-bond donors (Lipinski definition) is 1. The van der Waals surface area contributed by atoms with E-state index in [0.29, 0.717) is 11.6 Å². The van der Waals surface area contributed by atoms with E-state index >= 15 is 0 Å². The van der Waals surface area contributed by atoms with E-state index in [1.165, 1.54) is 0 Å². The Labute approximate surface area is 96.4 Å². The maximum Gasteiger partial charge on any atom is 0.224 e. The second-order valence-electron chi connectivity index (χ2n) is 3.64. The van der Waals surface area contributed by atoms with Gasteiger partial charge in [0.2, 0.25) is 5.95 Å². The van der Waals surface area contributed by atoms with Crippen LogP contribution in [0.15, 0.2) is 12.3 Å². The lowest BCUT2D eigenvalue weighted by molar-refractivity contribution is 0.620. The zero-order valence-corrected chi connectivity index (χ0v) is 9.54. The quantitative estimate of drug-likeness (QED) is 0.816. The predicted molar refractivity (Wildman–Crippen MR) is 61.3 cm³/mol. The molecule has 0 aliphatic carbocycles. The Morgan fingerprint density at radius 1 is 1.50 bits per heavy atom. The van der Waals surface area contributed by atoms with Crippen molar-refractivity contribution in [1.29, 1.82) is 5.26 Å². The first-order valence-electron chi connectivity index (χ1n) is 5.12. The van der Waals surface area contributed by atoms with E-state index in [-0.39, 0.29) is 6.04 Å². The Balaban J connectivity index is 1.98. The third-order valence-corrected chi connectivity index (χ3v) is 3.87. The summed E-state index contributed by atoms with van der Waals surface area (Å²) in [6.45, 7) is 0. The molecule has 2 rings (SSSR count). The number of hydrogen-bond acceptors (Lipinski definition) is 5. The third kappa shape index (κ3) is 2.76. The fourth-order valence-corrected chi connectivity index (χ4v) is 2.91. The normalized spacial score (nSPS) is 24.7. The van der Waals surface area contributed by atoms with Gasteiger partial charge in [-0.05, 0) is 18.9 Å². The number of nitriles is 1. The lowest BCUT2D eigenvalue weighted by atomic mass is 10.2. The summed E-state index contributed by atoms with van der Waals surface area (Å²) in [6.07, 6.45) is 3.30. The summed E-state index contributed by atoms with van der Waals surface area (Å²) >= 11 is 0. The summed E-state index contributed by atoms with van der Waals surface area (Å²) in [5.41, 5.74) is 0.358. The summed E-state index contributed by atoms with van der Waals surface area (Å²) < 4.78 is 11.2. The van der Waals surface area contributed by atoms with Gasteiger partial charge >= 0.3 is 0 Å². The second kappa shape index (κ2) is 5.03. The average molecular weight is 236 g/mol. The third-order valence-electron chi connectivity index (χ3n) is 2.49. The molecule has 5 nitrogen and oxygen atoms in total. The van der Waals surface area contributed by atoms with Crippen molar-refractivity contribution in [2.24, 2.45) is 0 Å². The molecule has 1 aromatic heterocycles. The molecule has 1 saturated heterocycles. The summed E-state index contributed by atoms with van der Waals surface area (Å²) in [5, 5.41) is 11.9. The molecule has 0 radical (unpaired) electrons. The molecule has 0 atom stereocenters. The van der Waals surface area contributed by atoms with Crippen LogP contribution in [0.25, 0.3) is 0 Å². The number of rotatable bonds is 2. The molecule has 84 valence electrons. The Morgan fingerprint density at radius 2 is 2.25 bits per heavy atom. The smallest absolute Gasteiger partial charge is 0.224 e. The summed E-state index contributed by atoms with van der Waals surface area (Å²) in [5.74, 6) is 1.95. The van der Waals surface area contributed by atoms with Gasteiger partial charge in [-0.25, -0.2) is 9.97 Å². The van der Waals surface area contributed by atoms with Crippen LogP contribution in [0.3, 0.4) is 0 Å². The van der Waals surface area contributed by atoms with Gasteiger partial charge in [-0.3, -0.25) is 4.21 Å². The zero-order valence-electron chi connectivity index (χ0n) is 8.72. The lowest BCUT2D eigenvalue weighted by Gasteiger charge is -2.22. The topological polar surface area (TPSA) is 78.7 Å². The Morgan fingerprint density at radius 3 is 2.94 bits per heavy atom. The van der Waals surface area contributed by atoms with Crippen LogP contribution >= 0.6 is 0 Å². The fourth-order valence-electron chi connectivity index (χ4n) is 1.61. The molecule has 0 amide bonds. The van der Waals surface area contributed by atoms with Crippen LogP contribution < -0.4 is 5.32 Å². The first-order chi connectivity index (χ1) is 7.78. The van der Waals surface area contributed by atoms with Gasteiger partial charge in [0.1, 0.15) is 11.8 Å². The molecule has 1 aromatic rings. The largest absolute Gasteiger partial charge is 0.351 e. The number of nitrogens with one attached hydrogen (secondary N) is 1. The van der Waals surface area contributed by atoms with Gasteiger partial charge in [-0.2, -0.15) is 5.26 Å². The van der Waals surface area contributed by atoms with Crippen LogP contribution in [0.1, 0.15) is 18.5 Å². The van der Waals surface area contributed by atoms with Crippen LogP contribution in [-0.4, -0.2) is 31.7 Å². The van der Waals surface area contributed by atoms with Crippen molar-refractivity contribution in [2.45, 2.75) is 18.9 Å². The Kier molecular flexibility index (Phi) is 3.47. The van der Waals surface area contributed by atoms with Gasteiger partial charge in [0.25, 0.3) is 0 Å². The van der Waals surface area contributed by atoms with Gasteiger partial charge in [0, 0.05) is 34.5 Å². The highest BCUT2D eigenvalue weighted by molar-refractivity contribution is 7.85. The molecule has 0 bridgehead atoms. The van der Waals surface area contributed by atoms with Crippen LogP contribution in [0, 0.1) is 11.3 Å². The average Bonchev–Trinajstić information content (AvgIpc) is 2.32. The molecule has 16 heavy (non-hydrogen) atoms. The van der Waals surface area contributed by atoms with Gasteiger partial charge in [-0.1, -0.05) is 0 Å². The van der Waals surface area contributed by atoms with Gasteiger partial charge in [0.15, 0.2) is 0 Å². The maximum atomic E-state index is 11.2. The van der Waals surface area contributed by atoms with E-state index in [4.69, 9.17) is 5.26 Å². The molecular formula is C10H12N4OS. The molecule has 0 unspecified atom stereocenters. The van der Waals surface area contributed by atoms with Crippen LogP contribution in [-0.2, 0) is 10.8 Å². The minimum absolute atomic E-state index is 0.270. The van der Waals surface area contributed by atoms with Crippen molar-refractivity contribution < 1.29 is 4.21 Å². The lowest BCUT2D eigenvalue weighted by Crippen LogP contribution is -2.30. The van der Waals surface area contributed by atoms with Gasteiger partial charge in [0.05, 0.1) is 0 Å². The molecule has 0 saturated carbocycles. The monoisotopic (exact) mass is 236 g/mol. The molecule has 0 aromatic carbocycles. The van der Waals surface area contributed by atoms with Crippen molar-refractivity contribution in [1.82, 2.24) is 9.97 Å². The maximum absolute atomic E-state index is 11.2. The number of anilines is 1. The highest BCUT2D eigenvalue weighted by atomic mass is 32.2. The Bertz CT molecular complexity index is 433. The molecule has 6 heteroatoms.